The van der Waals surface area contributed by atoms with Crippen LogP contribution < -0.4 is 0 Å². The van der Waals surface area contributed by atoms with Gasteiger partial charge in [0.25, 0.3) is 5.91 Å². The van der Waals surface area contributed by atoms with Crippen LogP contribution in [0.25, 0.3) is 11.1 Å². The highest BCUT2D eigenvalue weighted by molar-refractivity contribution is 5.95. The molecule has 1 fully saturated rings. The van der Waals surface area contributed by atoms with Gasteiger partial charge in [0, 0.05) is 56.5 Å². The lowest BCUT2D eigenvalue weighted by molar-refractivity contribution is -0.127. The van der Waals surface area contributed by atoms with Gasteiger partial charge in [-0.05, 0) is 49.2 Å². The highest BCUT2D eigenvalue weighted by atomic mass is 16.2. The van der Waals surface area contributed by atoms with Crippen LogP contribution in [0.4, 0.5) is 0 Å². The van der Waals surface area contributed by atoms with Gasteiger partial charge in [-0.3, -0.25) is 14.6 Å². The van der Waals surface area contributed by atoms with Crippen molar-refractivity contribution in [3.63, 3.8) is 0 Å². The first-order valence-electron chi connectivity index (χ1n) is 9.04. The summed E-state index contributed by atoms with van der Waals surface area (Å²) >= 11 is 0. The minimum Gasteiger partial charge on any atom is -0.343 e. The molecule has 0 N–H and O–H groups in total. The SMILES string of the molecule is CCN1C[C@H](CN(C)C(=O)c2cccc(-c3ccnc(C)c3)c2)CC1=O. The number of likely N-dealkylation sites (tertiary alicyclic amines) is 1. The van der Waals surface area contributed by atoms with Gasteiger partial charge in [-0.15, -0.1) is 0 Å². The topological polar surface area (TPSA) is 53.5 Å². The molecule has 5 heteroatoms. The van der Waals surface area contributed by atoms with Crippen molar-refractivity contribution in [2.24, 2.45) is 5.92 Å². The lowest BCUT2D eigenvalue weighted by Crippen LogP contribution is -2.33. The molecule has 0 bridgehead atoms. The molecule has 0 radical (unpaired) electrons. The van der Waals surface area contributed by atoms with Gasteiger partial charge in [-0.1, -0.05) is 12.1 Å². The minimum atomic E-state index is -0.0139. The molecule has 2 amide bonds. The molecule has 0 unspecified atom stereocenters. The Morgan fingerprint density at radius 3 is 2.73 bits per heavy atom. The van der Waals surface area contributed by atoms with Crippen LogP contribution in [0.15, 0.2) is 42.6 Å². The summed E-state index contributed by atoms with van der Waals surface area (Å²) in [6.07, 6.45) is 2.31. The lowest BCUT2D eigenvalue weighted by atomic mass is 10.0. The van der Waals surface area contributed by atoms with Gasteiger partial charge in [-0.2, -0.15) is 0 Å². The van der Waals surface area contributed by atoms with Crippen molar-refractivity contribution in [1.29, 1.82) is 0 Å². The highest BCUT2D eigenvalue weighted by Gasteiger charge is 2.30. The lowest BCUT2D eigenvalue weighted by Gasteiger charge is -2.21. The monoisotopic (exact) mass is 351 g/mol. The van der Waals surface area contributed by atoms with E-state index in [-0.39, 0.29) is 17.7 Å². The quantitative estimate of drug-likeness (QED) is 0.832. The maximum atomic E-state index is 12.8. The van der Waals surface area contributed by atoms with Crippen molar-refractivity contribution in [2.75, 3.05) is 26.7 Å². The summed E-state index contributed by atoms with van der Waals surface area (Å²) in [6, 6.07) is 11.6. The van der Waals surface area contributed by atoms with E-state index in [1.54, 1.807) is 11.1 Å². The van der Waals surface area contributed by atoms with Crippen LogP contribution in [0.1, 0.15) is 29.4 Å². The van der Waals surface area contributed by atoms with Crippen LogP contribution in [0.5, 0.6) is 0 Å². The van der Waals surface area contributed by atoms with Crippen molar-refractivity contribution < 1.29 is 9.59 Å². The highest BCUT2D eigenvalue weighted by Crippen LogP contribution is 2.22. The number of benzene rings is 1. The van der Waals surface area contributed by atoms with Crippen molar-refractivity contribution >= 4 is 11.8 Å². The summed E-state index contributed by atoms with van der Waals surface area (Å²) in [5, 5.41) is 0. The number of carbonyl (C=O) groups is 2. The molecule has 1 saturated heterocycles. The number of aryl methyl sites for hydroxylation is 1. The fourth-order valence-electron chi connectivity index (χ4n) is 3.53. The first-order valence-corrected chi connectivity index (χ1v) is 9.04. The third-order valence-electron chi connectivity index (χ3n) is 4.89. The van der Waals surface area contributed by atoms with Gasteiger partial charge in [0.1, 0.15) is 0 Å². The zero-order valence-corrected chi connectivity index (χ0v) is 15.6. The van der Waals surface area contributed by atoms with Crippen molar-refractivity contribution in [3.8, 4) is 11.1 Å². The Morgan fingerprint density at radius 1 is 1.27 bits per heavy atom. The van der Waals surface area contributed by atoms with E-state index >= 15 is 0 Å². The molecular weight excluding hydrogens is 326 g/mol. The van der Waals surface area contributed by atoms with Crippen molar-refractivity contribution in [2.45, 2.75) is 20.3 Å². The van der Waals surface area contributed by atoms with Gasteiger partial charge < -0.3 is 9.80 Å². The predicted octanol–water partition coefficient (Wildman–Crippen LogP) is 3.00. The van der Waals surface area contributed by atoms with Crippen molar-refractivity contribution in [1.82, 2.24) is 14.8 Å². The maximum Gasteiger partial charge on any atom is 0.253 e. The third kappa shape index (κ3) is 3.93. The number of nitrogens with zero attached hydrogens (tertiary/aromatic N) is 3. The molecule has 5 nitrogen and oxygen atoms in total. The average Bonchev–Trinajstić information content (AvgIpc) is 3.00. The van der Waals surface area contributed by atoms with E-state index in [9.17, 15) is 9.59 Å². The second-order valence-corrected chi connectivity index (χ2v) is 6.95. The van der Waals surface area contributed by atoms with Crippen molar-refractivity contribution in [3.05, 3.63) is 53.9 Å². The molecule has 2 heterocycles. The van der Waals surface area contributed by atoms with Crippen LogP contribution in [0.2, 0.25) is 0 Å². The van der Waals surface area contributed by atoms with Gasteiger partial charge in [0.15, 0.2) is 0 Å². The fraction of sp³-hybridized carbons (Fsp3) is 0.381. The number of pyridine rings is 1. The number of rotatable bonds is 5. The van der Waals surface area contributed by atoms with Crippen LogP contribution in [-0.4, -0.2) is 53.3 Å². The Kier molecular flexibility index (Phi) is 5.35. The van der Waals surface area contributed by atoms with E-state index in [0.717, 1.165) is 29.9 Å². The minimum absolute atomic E-state index is 0.0139. The Balaban J connectivity index is 1.71. The molecule has 26 heavy (non-hydrogen) atoms. The zero-order valence-electron chi connectivity index (χ0n) is 15.6. The van der Waals surface area contributed by atoms with Gasteiger partial charge >= 0.3 is 0 Å². The Bertz CT molecular complexity index is 818. The first kappa shape index (κ1) is 18.1. The summed E-state index contributed by atoms with van der Waals surface area (Å²) in [5.41, 5.74) is 3.66. The van der Waals surface area contributed by atoms with Gasteiger partial charge in [0.05, 0.1) is 0 Å². The molecule has 3 rings (SSSR count). The molecule has 1 atom stereocenters. The number of hydrogen-bond donors (Lipinski definition) is 0. The molecule has 1 aromatic heterocycles. The van der Waals surface area contributed by atoms with E-state index in [1.165, 1.54) is 0 Å². The number of hydrogen-bond acceptors (Lipinski definition) is 3. The van der Waals surface area contributed by atoms with Crippen LogP contribution in [0, 0.1) is 12.8 Å². The second kappa shape index (κ2) is 7.68. The van der Waals surface area contributed by atoms with E-state index in [1.807, 2.05) is 62.2 Å². The van der Waals surface area contributed by atoms with E-state index in [0.29, 0.717) is 18.5 Å². The zero-order chi connectivity index (χ0) is 18.7. The van der Waals surface area contributed by atoms with Crippen LogP contribution in [-0.2, 0) is 4.79 Å². The maximum absolute atomic E-state index is 12.8. The summed E-state index contributed by atoms with van der Waals surface area (Å²) in [5.74, 6) is 0.385. The number of carbonyl (C=O) groups excluding carboxylic acids is 2. The molecule has 136 valence electrons. The summed E-state index contributed by atoms with van der Waals surface area (Å²) in [7, 11) is 1.81. The molecule has 1 aromatic carbocycles. The predicted molar refractivity (Wildman–Crippen MR) is 102 cm³/mol. The smallest absolute Gasteiger partial charge is 0.253 e. The van der Waals surface area contributed by atoms with Crippen LogP contribution >= 0.6 is 0 Å². The Hall–Kier alpha value is -2.69. The largest absolute Gasteiger partial charge is 0.343 e. The Morgan fingerprint density at radius 2 is 2.04 bits per heavy atom. The van der Waals surface area contributed by atoms with Gasteiger partial charge in [-0.25, -0.2) is 0 Å². The Labute approximate surface area is 154 Å². The van der Waals surface area contributed by atoms with Crippen LogP contribution in [0.3, 0.4) is 0 Å². The molecule has 1 aliphatic heterocycles. The normalized spacial score (nSPS) is 16.8. The molecule has 1 aliphatic rings. The van der Waals surface area contributed by atoms with Gasteiger partial charge in [0.2, 0.25) is 5.91 Å². The standard InChI is InChI=1S/C21H25N3O2/c1-4-24-14-16(11-20(24)25)13-23(3)21(26)19-7-5-6-17(12-19)18-8-9-22-15(2)10-18/h5-10,12,16H,4,11,13-14H2,1-3H3/t16-/m0/s1. The summed E-state index contributed by atoms with van der Waals surface area (Å²) in [6.45, 7) is 6.01. The number of amides is 2. The van der Waals surface area contributed by atoms with E-state index < -0.39 is 0 Å². The summed E-state index contributed by atoms with van der Waals surface area (Å²) in [4.78, 5) is 32.5. The molecular formula is C21H25N3O2. The molecule has 2 aromatic rings. The third-order valence-corrected chi connectivity index (χ3v) is 4.89. The average molecular weight is 351 g/mol. The van der Waals surface area contributed by atoms with E-state index in [2.05, 4.69) is 4.98 Å². The second-order valence-electron chi connectivity index (χ2n) is 6.95. The molecule has 0 saturated carbocycles. The summed E-state index contributed by atoms with van der Waals surface area (Å²) < 4.78 is 0. The number of aromatic nitrogens is 1. The fourth-order valence-corrected chi connectivity index (χ4v) is 3.53. The molecule has 0 spiro atoms. The van der Waals surface area contributed by atoms with E-state index in [4.69, 9.17) is 0 Å². The molecule has 0 aliphatic carbocycles. The first-order chi connectivity index (χ1) is 12.5.